The van der Waals surface area contributed by atoms with Crippen molar-refractivity contribution in [2.75, 3.05) is 5.73 Å². The van der Waals surface area contributed by atoms with Gasteiger partial charge in [-0.25, -0.2) is 4.98 Å². The molecule has 0 atom stereocenters. The van der Waals surface area contributed by atoms with E-state index >= 15 is 0 Å². The van der Waals surface area contributed by atoms with Crippen molar-refractivity contribution in [1.82, 2.24) is 9.55 Å². The van der Waals surface area contributed by atoms with Gasteiger partial charge in [0.05, 0.1) is 11.2 Å². The van der Waals surface area contributed by atoms with E-state index in [1.165, 1.54) is 0 Å². The molecule has 2 N–H and O–H groups in total. The molecule has 0 aliphatic rings. The van der Waals surface area contributed by atoms with Crippen LogP contribution in [0.3, 0.4) is 0 Å². The summed E-state index contributed by atoms with van der Waals surface area (Å²) >= 11 is 0. The first-order valence-corrected chi connectivity index (χ1v) is 5.89. The van der Waals surface area contributed by atoms with Crippen molar-refractivity contribution in [2.24, 2.45) is 0 Å². The molecule has 0 spiro atoms. The van der Waals surface area contributed by atoms with E-state index in [1.807, 2.05) is 19.1 Å². The van der Waals surface area contributed by atoms with Crippen LogP contribution in [-0.4, -0.2) is 9.55 Å². The minimum Gasteiger partial charge on any atom is -0.397 e. The van der Waals surface area contributed by atoms with E-state index in [-0.39, 0.29) is 0 Å². The summed E-state index contributed by atoms with van der Waals surface area (Å²) in [4.78, 5) is 4.66. The minimum atomic E-state index is 0.376. The van der Waals surface area contributed by atoms with Crippen molar-refractivity contribution in [2.45, 2.75) is 33.2 Å². The third kappa shape index (κ3) is 2.05. The number of hydrogen-bond donors (Lipinski definition) is 1. The summed E-state index contributed by atoms with van der Waals surface area (Å²) in [5.41, 5.74) is 9.83. The van der Waals surface area contributed by atoms with Gasteiger partial charge in [0, 0.05) is 12.5 Å². The second-order valence-electron chi connectivity index (χ2n) is 4.88. The first kappa shape index (κ1) is 11.7. The monoisotopic (exact) mass is 229 g/mol. The van der Waals surface area contributed by atoms with Crippen LogP contribution in [0.4, 0.5) is 5.69 Å². The van der Waals surface area contributed by atoms with E-state index < -0.39 is 0 Å². The first-order valence-electron chi connectivity index (χ1n) is 5.89. The molecule has 0 amide bonds. The molecule has 0 unspecified atom stereocenters. The van der Waals surface area contributed by atoms with Gasteiger partial charge < -0.3 is 10.3 Å². The number of fused-ring (bicyclic) bond motifs is 1. The topological polar surface area (TPSA) is 43.8 Å². The largest absolute Gasteiger partial charge is 0.397 e. The molecule has 2 rings (SSSR count). The number of allylic oxidation sites excluding steroid dienone is 1. The molecule has 1 heterocycles. The van der Waals surface area contributed by atoms with Gasteiger partial charge in [-0.1, -0.05) is 32.1 Å². The Kier molecular flexibility index (Phi) is 2.92. The summed E-state index contributed by atoms with van der Waals surface area (Å²) in [6.45, 7) is 11.1. The van der Waals surface area contributed by atoms with Crippen LogP contribution in [0.25, 0.3) is 11.0 Å². The molecule has 0 bridgehead atoms. The second-order valence-corrected chi connectivity index (χ2v) is 4.88. The van der Waals surface area contributed by atoms with E-state index in [1.54, 1.807) is 0 Å². The van der Waals surface area contributed by atoms with Gasteiger partial charge in [0.25, 0.3) is 0 Å². The van der Waals surface area contributed by atoms with Gasteiger partial charge in [-0.05, 0) is 19.1 Å². The number of para-hydroxylation sites is 1. The highest BCUT2D eigenvalue weighted by Gasteiger charge is 2.14. The molecule has 0 saturated heterocycles. The average Bonchev–Trinajstić information content (AvgIpc) is 2.58. The lowest BCUT2D eigenvalue weighted by atomic mass is 10.2. The predicted molar refractivity (Wildman–Crippen MR) is 73.0 cm³/mol. The van der Waals surface area contributed by atoms with Crippen molar-refractivity contribution in [1.29, 1.82) is 0 Å². The average molecular weight is 229 g/mol. The van der Waals surface area contributed by atoms with Gasteiger partial charge in [-0.2, -0.15) is 0 Å². The summed E-state index contributed by atoms with van der Waals surface area (Å²) in [7, 11) is 0. The number of nitrogens with two attached hydrogens (primary N) is 1. The van der Waals surface area contributed by atoms with E-state index in [9.17, 15) is 0 Å². The molecule has 0 saturated carbocycles. The van der Waals surface area contributed by atoms with E-state index in [0.717, 1.165) is 34.7 Å². The SMILES string of the molecule is C=C(C)Cn1c(C(C)C)nc2c(N)cccc21. The van der Waals surface area contributed by atoms with Crippen LogP contribution in [-0.2, 0) is 6.54 Å². The Morgan fingerprint density at radius 1 is 1.47 bits per heavy atom. The Morgan fingerprint density at radius 3 is 2.76 bits per heavy atom. The highest BCUT2D eigenvalue weighted by molar-refractivity contribution is 5.87. The third-order valence-electron chi connectivity index (χ3n) is 2.78. The van der Waals surface area contributed by atoms with Gasteiger partial charge in [0.1, 0.15) is 11.3 Å². The molecular formula is C14H19N3. The lowest BCUT2D eigenvalue weighted by Gasteiger charge is -2.11. The van der Waals surface area contributed by atoms with E-state index in [2.05, 4.69) is 36.0 Å². The Balaban J connectivity index is 2.71. The summed E-state index contributed by atoms with van der Waals surface area (Å²) in [5.74, 6) is 1.45. The molecule has 1 aromatic heterocycles. The second kappa shape index (κ2) is 4.24. The van der Waals surface area contributed by atoms with Crippen LogP contribution < -0.4 is 5.73 Å². The van der Waals surface area contributed by atoms with Gasteiger partial charge in [0.15, 0.2) is 0 Å². The van der Waals surface area contributed by atoms with Gasteiger partial charge in [-0.15, -0.1) is 0 Å². The maximum absolute atomic E-state index is 5.97. The Morgan fingerprint density at radius 2 is 2.18 bits per heavy atom. The number of nitrogens with zero attached hydrogens (tertiary/aromatic N) is 2. The lowest BCUT2D eigenvalue weighted by molar-refractivity contribution is 0.678. The van der Waals surface area contributed by atoms with Crippen LogP contribution in [0, 0.1) is 0 Å². The van der Waals surface area contributed by atoms with Gasteiger partial charge in [-0.3, -0.25) is 0 Å². The molecule has 0 radical (unpaired) electrons. The molecule has 90 valence electrons. The fourth-order valence-corrected chi connectivity index (χ4v) is 2.06. The fraction of sp³-hybridized carbons (Fsp3) is 0.357. The minimum absolute atomic E-state index is 0.376. The van der Waals surface area contributed by atoms with Crippen LogP contribution >= 0.6 is 0 Å². The smallest absolute Gasteiger partial charge is 0.112 e. The Labute approximate surface area is 102 Å². The van der Waals surface area contributed by atoms with Crippen LogP contribution in [0.2, 0.25) is 0 Å². The fourth-order valence-electron chi connectivity index (χ4n) is 2.06. The summed E-state index contributed by atoms with van der Waals surface area (Å²) < 4.78 is 2.21. The molecule has 17 heavy (non-hydrogen) atoms. The standard InChI is InChI=1S/C14H19N3/c1-9(2)8-17-12-7-5-6-11(15)13(12)16-14(17)10(3)4/h5-7,10H,1,8,15H2,2-4H3. The Hall–Kier alpha value is -1.77. The number of benzene rings is 1. The zero-order valence-corrected chi connectivity index (χ0v) is 10.7. The van der Waals surface area contributed by atoms with Crippen molar-refractivity contribution in [3.8, 4) is 0 Å². The summed E-state index contributed by atoms with van der Waals surface area (Å²) in [5, 5.41) is 0. The molecule has 0 aliphatic heterocycles. The number of aromatic nitrogens is 2. The van der Waals surface area contributed by atoms with Gasteiger partial charge in [0.2, 0.25) is 0 Å². The van der Waals surface area contributed by atoms with Gasteiger partial charge >= 0.3 is 0 Å². The first-order chi connectivity index (χ1) is 8.00. The third-order valence-corrected chi connectivity index (χ3v) is 2.78. The molecule has 3 heteroatoms. The normalized spacial score (nSPS) is 11.3. The highest BCUT2D eigenvalue weighted by Crippen LogP contribution is 2.26. The molecule has 0 fully saturated rings. The maximum atomic E-state index is 5.97. The van der Waals surface area contributed by atoms with Crippen molar-refractivity contribution < 1.29 is 0 Å². The quantitative estimate of drug-likeness (QED) is 0.648. The van der Waals surface area contributed by atoms with Crippen molar-refractivity contribution in [3.05, 3.63) is 36.2 Å². The molecular weight excluding hydrogens is 210 g/mol. The number of imidazole rings is 1. The number of rotatable bonds is 3. The molecule has 3 nitrogen and oxygen atoms in total. The van der Waals surface area contributed by atoms with Crippen LogP contribution in [0.15, 0.2) is 30.4 Å². The molecule has 0 aliphatic carbocycles. The molecule has 1 aromatic carbocycles. The van der Waals surface area contributed by atoms with E-state index in [4.69, 9.17) is 5.73 Å². The zero-order valence-electron chi connectivity index (χ0n) is 10.7. The van der Waals surface area contributed by atoms with Crippen molar-refractivity contribution >= 4 is 16.7 Å². The summed E-state index contributed by atoms with van der Waals surface area (Å²) in [6, 6.07) is 5.93. The number of anilines is 1. The van der Waals surface area contributed by atoms with E-state index in [0.29, 0.717) is 5.92 Å². The number of nitrogen functional groups attached to an aromatic ring is 1. The number of hydrogen-bond acceptors (Lipinski definition) is 2. The molecule has 2 aromatic rings. The zero-order chi connectivity index (χ0) is 12.6. The lowest BCUT2D eigenvalue weighted by Crippen LogP contribution is -2.05. The van der Waals surface area contributed by atoms with Crippen LogP contribution in [0.1, 0.15) is 32.5 Å². The highest BCUT2D eigenvalue weighted by atomic mass is 15.1. The summed E-state index contributed by atoms with van der Waals surface area (Å²) in [6.07, 6.45) is 0. The predicted octanol–water partition coefficient (Wildman–Crippen LogP) is 3.32. The Bertz CT molecular complexity index is 564. The van der Waals surface area contributed by atoms with Crippen LogP contribution in [0.5, 0.6) is 0 Å². The van der Waals surface area contributed by atoms with Crippen molar-refractivity contribution in [3.63, 3.8) is 0 Å². The maximum Gasteiger partial charge on any atom is 0.112 e.